The fourth-order valence-corrected chi connectivity index (χ4v) is 2.10. The minimum Gasteiger partial charge on any atom is -0.485 e. The maximum Gasteiger partial charge on any atom is 0.164 e. The molecule has 1 aromatic carbocycles. The predicted octanol–water partition coefficient (Wildman–Crippen LogP) is 2.60. The highest BCUT2D eigenvalue weighted by molar-refractivity contribution is 5.38. The van der Waals surface area contributed by atoms with E-state index in [1.54, 1.807) is 6.33 Å². The van der Waals surface area contributed by atoms with Crippen LogP contribution in [0.1, 0.15) is 43.3 Å². The first-order valence-electron chi connectivity index (χ1n) is 6.97. The fourth-order valence-electron chi connectivity index (χ4n) is 2.10. The molecule has 0 spiro atoms. The summed E-state index contributed by atoms with van der Waals surface area (Å²) in [6.45, 7) is 7.38. The maximum atomic E-state index is 6.00. The Hall–Kier alpha value is -1.88. The van der Waals surface area contributed by atoms with Gasteiger partial charge in [0.2, 0.25) is 0 Å². The van der Waals surface area contributed by atoms with Gasteiger partial charge in [-0.15, -0.1) is 0 Å². The Kier molecular flexibility index (Phi) is 4.74. The van der Waals surface area contributed by atoms with Gasteiger partial charge in [0.1, 0.15) is 18.7 Å². The first-order valence-corrected chi connectivity index (χ1v) is 6.97. The van der Waals surface area contributed by atoms with Gasteiger partial charge in [-0.2, -0.15) is 5.10 Å². The third-order valence-electron chi connectivity index (χ3n) is 3.14. The van der Waals surface area contributed by atoms with Gasteiger partial charge in [-0.25, -0.2) is 9.67 Å². The summed E-state index contributed by atoms with van der Waals surface area (Å²) in [6, 6.07) is 6.00. The normalized spacial score (nSPS) is 12.4. The van der Waals surface area contributed by atoms with Crippen molar-refractivity contribution < 1.29 is 4.74 Å². The Balaban J connectivity index is 2.12. The standard InChI is InChI=1S/C15H22N4O/c1-4-7-19-15(17-10-18-19)9-20-14-6-5-11(2)8-13(14)12(3)16/h5-6,8,10,12H,4,7,9,16H2,1-3H3/t12-/m0/s1. The van der Waals surface area contributed by atoms with Gasteiger partial charge in [0, 0.05) is 18.2 Å². The van der Waals surface area contributed by atoms with Crippen LogP contribution in [0.2, 0.25) is 0 Å². The smallest absolute Gasteiger partial charge is 0.164 e. The largest absolute Gasteiger partial charge is 0.485 e. The number of hydrogen-bond acceptors (Lipinski definition) is 4. The van der Waals surface area contributed by atoms with E-state index >= 15 is 0 Å². The van der Waals surface area contributed by atoms with Crippen LogP contribution < -0.4 is 10.5 Å². The molecule has 0 fully saturated rings. The molecule has 0 aliphatic rings. The molecule has 2 N–H and O–H groups in total. The number of ether oxygens (including phenoxy) is 1. The van der Waals surface area contributed by atoms with Crippen molar-refractivity contribution in [3.8, 4) is 5.75 Å². The third-order valence-corrected chi connectivity index (χ3v) is 3.14. The van der Waals surface area contributed by atoms with Crippen molar-refractivity contribution >= 4 is 0 Å². The van der Waals surface area contributed by atoms with Gasteiger partial charge >= 0.3 is 0 Å². The third kappa shape index (κ3) is 3.36. The molecule has 108 valence electrons. The summed E-state index contributed by atoms with van der Waals surface area (Å²) < 4.78 is 7.76. The van der Waals surface area contributed by atoms with E-state index in [1.165, 1.54) is 5.56 Å². The van der Waals surface area contributed by atoms with Gasteiger partial charge in [-0.3, -0.25) is 0 Å². The molecule has 0 radical (unpaired) electrons. The van der Waals surface area contributed by atoms with Crippen molar-refractivity contribution in [2.24, 2.45) is 5.73 Å². The van der Waals surface area contributed by atoms with Crippen molar-refractivity contribution in [1.29, 1.82) is 0 Å². The van der Waals surface area contributed by atoms with Crippen molar-refractivity contribution in [3.63, 3.8) is 0 Å². The molecule has 20 heavy (non-hydrogen) atoms. The van der Waals surface area contributed by atoms with Crippen molar-refractivity contribution in [1.82, 2.24) is 14.8 Å². The molecule has 1 heterocycles. The van der Waals surface area contributed by atoms with Gasteiger partial charge in [0.05, 0.1) is 0 Å². The van der Waals surface area contributed by atoms with Crippen LogP contribution in [0.4, 0.5) is 0 Å². The lowest BCUT2D eigenvalue weighted by Crippen LogP contribution is -2.11. The molecule has 0 amide bonds. The second kappa shape index (κ2) is 6.52. The van der Waals surface area contributed by atoms with Gasteiger partial charge < -0.3 is 10.5 Å². The van der Waals surface area contributed by atoms with E-state index in [9.17, 15) is 0 Å². The second-order valence-electron chi connectivity index (χ2n) is 5.02. The molecule has 2 aromatic rings. The van der Waals surface area contributed by atoms with E-state index in [0.717, 1.165) is 30.1 Å². The molecule has 5 nitrogen and oxygen atoms in total. The van der Waals surface area contributed by atoms with E-state index in [1.807, 2.05) is 30.7 Å². The van der Waals surface area contributed by atoms with Gasteiger partial charge in [-0.05, 0) is 26.3 Å². The molecule has 0 bridgehead atoms. The lowest BCUT2D eigenvalue weighted by molar-refractivity contribution is 0.282. The Morgan fingerprint density at radius 1 is 1.40 bits per heavy atom. The topological polar surface area (TPSA) is 66.0 Å². The highest BCUT2D eigenvalue weighted by atomic mass is 16.5. The molecular formula is C15H22N4O. The summed E-state index contributed by atoms with van der Waals surface area (Å²) in [5.41, 5.74) is 8.20. The summed E-state index contributed by atoms with van der Waals surface area (Å²) in [7, 11) is 0. The SMILES string of the molecule is CCCn1ncnc1COc1ccc(C)cc1[C@H](C)N. The lowest BCUT2D eigenvalue weighted by Gasteiger charge is -2.15. The maximum absolute atomic E-state index is 6.00. The van der Waals surface area contributed by atoms with Crippen LogP contribution in [0.25, 0.3) is 0 Å². The van der Waals surface area contributed by atoms with E-state index < -0.39 is 0 Å². The van der Waals surface area contributed by atoms with Crippen molar-refractivity contribution in [3.05, 3.63) is 41.5 Å². The fraction of sp³-hybridized carbons (Fsp3) is 0.467. The van der Waals surface area contributed by atoms with Crippen LogP contribution in [-0.2, 0) is 13.2 Å². The number of hydrogen-bond donors (Lipinski definition) is 1. The van der Waals surface area contributed by atoms with Gasteiger partial charge in [0.15, 0.2) is 5.82 Å². The summed E-state index contributed by atoms with van der Waals surface area (Å²) in [5, 5.41) is 4.19. The average molecular weight is 274 g/mol. The second-order valence-corrected chi connectivity index (χ2v) is 5.02. The van der Waals surface area contributed by atoms with E-state index in [0.29, 0.717) is 6.61 Å². The minimum atomic E-state index is -0.0570. The summed E-state index contributed by atoms with van der Waals surface area (Å²) in [4.78, 5) is 4.24. The number of nitrogens with zero attached hydrogens (tertiary/aromatic N) is 3. The highest BCUT2D eigenvalue weighted by Gasteiger charge is 2.10. The van der Waals surface area contributed by atoms with Crippen LogP contribution in [0.3, 0.4) is 0 Å². The zero-order valence-electron chi connectivity index (χ0n) is 12.3. The molecule has 5 heteroatoms. The van der Waals surface area contributed by atoms with Crippen LogP contribution >= 0.6 is 0 Å². The van der Waals surface area contributed by atoms with Crippen LogP contribution in [-0.4, -0.2) is 14.8 Å². The average Bonchev–Trinajstić information content (AvgIpc) is 2.85. The zero-order valence-corrected chi connectivity index (χ0v) is 12.3. The molecule has 1 aromatic heterocycles. The highest BCUT2D eigenvalue weighted by Crippen LogP contribution is 2.25. The van der Waals surface area contributed by atoms with Crippen LogP contribution in [0.15, 0.2) is 24.5 Å². The predicted molar refractivity (Wildman–Crippen MR) is 78.4 cm³/mol. The molecule has 2 rings (SSSR count). The Morgan fingerprint density at radius 3 is 2.90 bits per heavy atom. The minimum absolute atomic E-state index is 0.0570. The van der Waals surface area contributed by atoms with Gasteiger partial charge in [0.25, 0.3) is 0 Å². The lowest BCUT2D eigenvalue weighted by atomic mass is 10.1. The van der Waals surface area contributed by atoms with Crippen molar-refractivity contribution in [2.75, 3.05) is 0 Å². The van der Waals surface area contributed by atoms with Crippen molar-refractivity contribution in [2.45, 2.75) is 46.4 Å². The Labute approximate surface area is 119 Å². The first-order chi connectivity index (χ1) is 9.61. The van der Waals surface area contributed by atoms with Crippen LogP contribution in [0, 0.1) is 6.92 Å². The molecule has 0 saturated carbocycles. The molecule has 0 aliphatic heterocycles. The number of nitrogens with two attached hydrogens (primary N) is 1. The number of aromatic nitrogens is 3. The van der Waals surface area contributed by atoms with E-state index in [-0.39, 0.29) is 6.04 Å². The Morgan fingerprint density at radius 2 is 2.20 bits per heavy atom. The van der Waals surface area contributed by atoms with Gasteiger partial charge in [-0.1, -0.05) is 24.6 Å². The monoisotopic (exact) mass is 274 g/mol. The molecule has 0 aliphatic carbocycles. The Bertz CT molecular complexity index is 563. The number of aryl methyl sites for hydroxylation is 2. The molecular weight excluding hydrogens is 252 g/mol. The van der Waals surface area contributed by atoms with E-state index in [4.69, 9.17) is 10.5 Å². The quantitative estimate of drug-likeness (QED) is 0.879. The number of rotatable bonds is 6. The molecule has 0 saturated heterocycles. The summed E-state index contributed by atoms with van der Waals surface area (Å²) >= 11 is 0. The summed E-state index contributed by atoms with van der Waals surface area (Å²) in [5.74, 6) is 1.65. The van der Waals surface area contributed by atoms with Crippen LogP contribution in [0.5, 0.6) is 5.75 Å². The number of benzene rings is 1. The zero-order chi connectivity index (χ0) is 14.5. The molecule has 1 atom stereocenters. The molecule has 0 unspecified atom stereocenters. The van der Waals surface area contributed by atoms with E-state index in [2.05, 4.69) is 23.1 Å². The summed E-state index contributed by atoms with van der Waals surface area (Å²) in [6.07, 6.45) is 2.59. The first kappa shape index (κ1) is 14.5.